The molecule has 0 fully saturated rings. The zero-order valence-electron chi connectivity index (χ0n) is 16.7. The molecule has 6 nitrogen and oxygen atoms in total. The van der Waals surface area contributed by atoms with Gasteiger partial charge in [-0.15, -0.1) is 0 Å². The van der Waals surface area contributed by atoms with Crippen LogP contribution in [0.5, 0.6) is 5.75 Å². The fourth-order valence-electron chi connectivity index (χ4n) is 3.56. The van der Waals surface area contributed by atoms with Gasteiger partial charge in [-0.1, -0.05) is 24.3 Å². The lowest BCUT2D eigenvalue weighted by Gasteiger charge is -2.08. The number of aromatic nitrogens is 3. The van der Waals surface area contributed by atoms with Gasteiger partial charge in [0.2, 0.25) is 0 Å². The number of H-pyrrole nitrogens is 1. The van der Waals surface area contributed by atoms with E-state index in [1.54, 1.807) is 6.20 Å². The summed E-state index contributed by atoms with van der Waals surface area (Å²) in [4.78, 5) is 4.34. The predicted molar refractivity (Wildman–Crippen MR) is 117 cm³/mol. The highest BCUT2D eigenvalue weighted by molar-refractivity contribution is 5.86. The molecule has 0 atom stereocenters. The van der Waals surface area contributed by atoms with Crippen LogP contribution >= 0.6 is 0 Å². The Bertz CT molecular complexity index is 1270. The Morgan fingerprint density at radius 2 is 1.97 bits per heavy atom. The zero-order valence-corrected chi connectivity index (χ0v) is 16.7. The summed E-state index contributed by atoms with van der Waals surface area (Å²) in [6.07, 6.45) is 3.59. The molecule has 0 bridgehead atoms. The number of nitrogens with one attached hydrogen (secondary N) is 2. The molecule has 0 unspecified atom stereocenters. The van der Waals surface area contributed by atoms with Gasteiger partial charge in [-0.3, -0.25) is 10.1 Å². The summed E-state index contributed by atoms with van der Waals surface area (Å²) >= 11 is 0. The fraction of sp³-hybridized carbons (Fsp3) is 0.167. The lowest BCUT2D eigenvalue weighted by atomic mass is 10.0. The van der Waals surface area contributed by atoms with Crippen LogP contribution in [-0.4, -0.2) is 28.3 Å². The number of aromatic amines is 1. The van der Waals surface area contributed by atoms with Crippen LogP contribution in [-0.2, 0) is 6.54 Å². The molecule has 0 radical (unpaired) electrons. The van der Waals surface area contributed by atoms with E-state index >= 15 is 0 Å². The van der Waals surface area contributed by atoms with Crippen LogP contribution in [0, 0.1) is 6.92 Å². The maximum absolute atomic E-state index is 5.89. The third kappa shape index (κ3) is 3.77. The number of pyridine rings is 1. The topological polar surface area (TPSA) is 76.0 Å². The Morgan fingerprint density at radius 1 is 1.03 bits per heavy atom. The fourth-order valence-corrected chi connectivity index (χ4v) is 3.56. The van der Waals surface area contributed by atoms with Crippen LogP contribution in [0.4, 0.5) is 0 Å². The van der Waals surface area contributed by atoms with Gasteiger partial charge in [-0.2, -0.15) is 5.10 Å². The number of para-hydroxylation sites is 1. The van der Waals surface area contributed by atoms with Gasteiger partial charge in [-0.25, -0.2) is 0 Å². The number of ether oxygens (including phenoxy) is 1. The normalized spacial score (nSPS) is 11.4. The van der Waals surface area contributed by atoms with Gasteiger partial charge in [0, 0.05) is 29.1 Å². The first kappa shape index (κ1) is 18.4. The number of rotatable bonds is 7. The minimum atomic E-state index is 0.547. The highest BCUT2D eigenvalue weighted by atomic mass is 16.5. The highest BCUT2D eigenvalue weighted by Gasteiger charge is 2.06. The summed E-state index contributed by atoms with van der Waals surface area (Å²) in [5.74, 6) is 1.67. The van der Waals surface area contributed by atoms with Crippen LogP contribution in [0.3, 0.4) is 0 Å². The van der Waals surface area contributed by atoms with E-state index in [9.17, 15) is 0 Å². The van der Waals surface area contributed by atoms with Gasteiger partial charge in [0.05, 0.1) is 24.0 Å². The van der Waals surface area contributed by atoms with Crippen molar-refractivity contribution in [3.8, 4) is 16.9 Å². The Hall–Kier alpha value is -3.64. The molecule has 3 heterocycles. The summed E-state index contributed by atoms with van der Waals surface area (Å²) in [5.41, 5.74) is 5.05. The van der Waals surface area contributed by atoms with Gasteiger partial charge in [0.25, 0.3) is 0 Å². The molecule has 2 N–H and O–H groups in total. The van der Waals surface area contributed by atoms with Gasteiger partial charge in [0.1, 0.15) is 23.7 Å². The lowest BCUT2D eigenvalue weighted by molar-refractivity contribution is 0.310. The van der Waals surface area contributed by atoms with Crippen molar-refractivity contribution in [1.82, 2.24) is 20.5 Å². The second kappa shape index (κ2) is 8.00. The average molecular weight is 398 g/mol. The number of hydrogen-bond acceptors (Lipinski definition) is 5. The van der Waals surface area contributed by atoms with Crippen LogP contribution in [0.25, 0.3) is 33.0 Å². The van der Waals surface area contributed by atoms with Crippen molar-refractivity contribution in [2.24, 2.45) is 0 Å². The Labute approximate surface area is 173 Å². The molecule has 0 aliphatic carbocycles. The summed E-state index contributed by atoms with van der Waals surface area (Å²) in [6.45, 7) is 3.92. The molecular formula is C24H22N4O2. The van der Waals surface area contributed by atoms with Crippen molar-refractivity contribution >= 4 is 21.9 Å². The van der Waals surface area contributed by atoms with Gasteiger partial charge in [0.15, 0.2) is 0 Å². The Kier molecular flexibility index (Phi) is 4.91. The van der Waals surface area contributed by atoms with E-state index in [0.29, 0.717) is 19.7 Å². The van der Waals surface area contributed by atoms with E-state index in [-0.39, 0.29) is 0 Å². The summed E-state index contributed by atoms with van der Waals surface area (Å²) < 4.78 is 11.7. The third-order valence-electron chi connectivity index (χ3n) is 5.12. The summed E-state index contributed by atoms with van der Waals surface area (Å²) in [7, 11) is 0. The maximum Gasteiger partial charge on any atom is 0.138 e. The first-order valence-electron chi connectivity index (χ1n) is 9.97. The quantitative estimate of drug-likeness (QED) is 0.383. The van der Waals surface area contributed by atoms with Crippen LogP contribution in [0.15, 0.2) is 71.4 Å². The molecular weight excluding hydrogens is 376 g/mol. The predicted octanol–water partition coefficient (Wildman–Crippen LogP) is 4.85. The summed E-state index contributed by atoms with van der Waals surface area (Å²) in [6, 6.07) is 18.3. The van der Waals surface area contributed by atoms with E-state index in [2.05, 4.69) is 44.8 Å². The molecule has 0 amide bonds. The molecule has 6 heteroatoms. The molecule has 5 aromatic rings. The van der Waals surface area contributed by atoms with Gasteiger partial charge >= 0.3 is 0 Å². The Balaban J connectivity index is 1.18. The number of hydrogen-bond donors (Lipinski definition) is 2. The Morgan fingerprint density at radius 3 is 2.90 bits per heavy atom. The number of aryl methyl sites for hydroxylation is 1. The number of benzene rings is 2. The second-order valence-electron chi connectivity index (χ2n) is 7.25. The van der Waals surface area contributed by atoms with Crippen LogP contribution < -0.4 is 10.1 Å². The second-order valence-corrected chi connectivity index (χ2v) is 7.25. The first-order chi connectivity index (χ1) is 14.8. The lowest BCUT2D eigenvalue weighted by Crippen LogP contribution is -2.20. The smallest absolute Gasteiger partial charge is 0.138 e. The zero-order chi connectivity index (χ0) is 20.3. The number of nitrogens with zero attached hydrogens (tertiary/aromatic N) is 2. The van der Waals surface area contributed by atoms with E-state index in [1.165, 1.54) is 0 Å². The minimum Gasteiger partial charge on any atom is -0.491 e. The average Bonchev–Trinajstić information content (AvgIpc) is 3.36. The molecule has 5 rings (SSSR count). The van der Waals surface area contributed by atoms with Gasteiger partial charge in [-0.05, 0) is 42.8 Å². The van der Waals surface area contributed by atoms with Crippen molar-refractivity contribution in [3.05, 3.63) is 78.4 Å². The molecule has 0 saturated carbocycles. The van der Waals surface area contributed by atoms with E-state index in [0.717, 1.165) is 50.2 Å². The van der Waals surface area contributed by atoms with E-state index < -0.39 is 0 Å². The monoisotopic (exact) mass is 398 g/mol. The largest absolute Gasteiger partial charge is 0.491 e. The molecule has 0 aliphatic heterocycles. The minimum absolute atomic E-state index is 0.547. The van der Waals surface area contributed by atoms with Gasteiger partial charge < -0.3 is 14.5 Å². The van der Waals surface area contributed by atoms with E-state index in [1.807, 2.05) is 43.5 Å². The molecule has 3 aromatic heterocycles. The molecule has 0 saturated heterocycles. The maximum atomic E-state index is 5.89. The molecule has 0 spiro atoms. The van der Waals surface area contributed by atoms with Crippen molar-refractivity contribution in [3.63, 3.8) is 0 Å². The highest BCUT2D eigenvalue weighted by Crippen LogP contribution is 2.27. The van der Waals surface area contributed by atoms with Crippen LogP contribution in [0.2, 0.25) is 0 Å². The third-order valence-corrected chi connectivity index (χ3v) is 5.12. The van der Waals surface area contributed by atoms with Crippen molar-refractivity contribution in [2.75, 3.05) is 13.2 Å². The molecule has 0 aliphatic rings. The number of furan rings is 1. The van der Waals surface area contributed by atoms with Crippen LogP contribution in [0.1, 0.15) is 11.5 Å². The summed E-state index contributed by atoms with van der Waals surface area (Å²) in [5, 5.41) is 12.9. The first-order valence-corrected chi connectivity index (χ1v) is 9.97. The van der Waals surface area contributed by atoms with Crippen molar-refractivity contribution in [2.45, 2.75) is 13.5 Å². The van der Waals surface area contributed by atoms with E-state index in [4.69, 9.17) is 9.15 Å². The SMILES string of the molecule is Cc1n[nH]c2ccc(-c3cncc(OCCNCc4cc5ccccc5o4)c3)cc12. The molecule has 2 aromatic carbocycles. The molecule has 30 heavy (non-hydrogen) atoms. The van der Waals surface area contributed by atoms with Crippen molar-refractivity contribution < 1.29 is 9.15 Å². The van der Waals surface area contributed by atoms with Crippen molar-refractivity contribution in [1.29, 1.82) is 0 Å². The number of fused-ring (bicyclic) bond motifs is 2. The molecule has 150 valence electrons. The standard InChI is InChI=1S/C24H22N4O2/c1-16-22-12-17(6-7-23(22)28-27-16)19-11-20(14-26-13-19)29-9-8-25-15-21-10-18-4-2-3-5-24(18)30-21/h2-7,10-14,25H,8-9,15H2,1H3,(H,27,28).